The summed E-state index contributed by atoms with van der Waals surface area (Å²) in [6, 6.07) is 5.58. The van der Waals surface area contributed by atoms with Crippen molar-refractivity contribution in [1.82, 2.24) is 5.32 Å². The topological polar surface area (TPSA) is 70.6 Å². The number of hydrogen-bond acceptors (Lipinski definition) is 3. The first-order chi connectivity index (χ1) is 8.54. The van der Waals surface area contributed by atoms with Crippen molar-refractivity contribution < 1.29 is 5.21 Å². The SMILES string of the molecule is CC(NCCC/C(N)=N/O)c1ccc(Cl)cc1Cl. The van der Waals surface area contributed by atoms with E-state index in [1.54, 1.807) is 6.07 Å². The molecular formula is C12H17Cl2N3O. The average Bonchev–Trinajstić information content (AvgIpc) is 2.34. The molecule has 4 nitrogen and oxygen atoms in total. The van der Waals surface area contributed by atoms with E-state index in [1.807, 2.05) is 19.1 Å². The smallest absolute Gasteiger partial charge is 0.139 e. The van der Waals surface area contributed by atoms with Gasteiger partial charge < -0.3 is 16.3 Å². The third kappa shape index (κ3) is 4.72. The second-order valence-corrected chi connectivity index (χ2v) is 4.88. The van der Waals surface area contributed by atoms with E-state index in [9.17, 15) is 0 Å². The Balaban J connectivity index is 2.43. The van der Waals surface area contributed by atoms with Crippen LogP contribution in [0.3, 0.4) is 0 Å². The van der Waals surface area contributed by atoms with Crippen molar-refractivity contribution in [3.8, 4) is 0 Å². The molecule has 1 aromatic rings. The maximum atomic E-state index is 8.40. The number of oxime groups is 1. The third-order valence-electron chi connectivity index (χ3n) is 2.62. The molecule has 1 aromatic carbocycles. The minimum Gasteiger partial charge on any atom is -0.409 e. The molecule has 100 valence electrons. The lowest BCUT2D eigenvalue weighted by molar-refractivity contribution is 0.316. The molecule has 0 aliphatic carbocycles. The number of nitrogens with one attached hydrogen (secondary N) is 1. The summed E-state index contributed by atoms with van der Waals surface area (Å²) < 4.78 is 0. The van der Waals surface area contributed by atoms with Gasteiger partial charge in [0.1, 0.15) is 5.84 Å². The van der Waals surface area contributed by atoms with Crippen LogP contribution in [0.1, 0.15) is 31.4 Å². The molecule has 0 saturated heterocycles. The fourth-order valence-corrected chi connectivity index (χ4v) is 2.17. The largest absolute Gasteiger partial charge is 0.409 e. The highest BCUT2D eigenvalue weighted by Gasteiger charge is 2.09. The van der Waals surface area contributed by atoms with E-state index in [0.29, 0.717) is 16.5 Å². The minimum absolute atomic E-state index is 0.127. The van der Waals surface area contributed by atoms with Crippen LogP contribution in [0.5, 0.6) is 0 Å². The Morgan fingerprint density at radius 1 is 1.50 bits per heavy atom. The van der Waals surface area contributed by atoms with Gasteiger partial charge >= 0.3 is 0 Å². The van der Waals surface area contributed by atoms with E-state index < -0.39 is 0 Å². The van der Waals surface area contributed by atoms with Gasteiger partial charge in [-0.05, 0) is 37.6 Å². The Morgan fingerprint density at radius 3 is 2.83 bits per heavy atom. The summed E-state index contributed by atoms with van der Waals surface area (Å²) in [7, 11) is 0. The lowest BCUT2D eigenvalue weighted by atomic mass is 10.1. The van der Waals surface area contributed by atoms with E-state index in [1.165, 1.54) is 0 Å². The van der Waals surface area contributed by atoms with Crippen LogP contribution in [0.25, 0.3) is 0 Å². The quantitative estimate of drug-likeness (QED) is 0.248. The number of amidine groups is 1. The molecule has 0 fully saturated rings. The fourth-order valence-electron chi connectivity index (χ4n) is 1.60. The molecule has 18 heavy (non-hydrogen) atoms. The third-order valence-corrected chi connectivity index (χ3v) is 3.18. The number of benzene rings is 1. The van der Waals surface area contributed by atoms with E-state index in [2.05, 4.69) is 10.5 Å². The summed E-state index contributed by atoms with van der Waals surface area (Å²) in [4.78, 5) is 0. The number of nitrogens with two attached hydrogens (primary N) is 1. The zero-order valence-electron chi connectivity index (χ0n) is 10.2. The zero-order chi connectivity index (χ0) is 13.5. The summed E-state index contributed by atoms with van der Waals surface area (Å²) in [5, 5.41) is 15.9. The van der Waals surface area contributed by atoms with E-state index in [0.717, 1.165) is 18.5 Å². The Bertz CT molecular complexity index is 424. The first kappa shape index (κ1) is 15.1. The Hall–Kier alpha value is -0.970. The molecule has 1 rings (SSSR count). The van der Waals surface area contributed by atoms with E-state index in [-0.39, 0.29) is 11.9 Å². The molecule has 0 heterocycles. The van der Waals surface area contributed by atoms with Crippen molar-refractivity contribution in [2.45, 2.75) is 25.8 Å². The van der Waals surface area contributed by atoms with Crippen LogP contribution in [-0.4, -0.2) is 17.6 Å². The lowest BCUT2D eigenvalue weighted by Gasteiger charge is -2.15. The van der Waals surface area contributed by atoms with Crippen molar-refractivity contribution in [2.24, 2.45) is 10.9 Å². The minimum atomic E-state index is 0.127. The number of hydrogen-bond donors (Lipinski definition) is 3. The molecule has 1 atom stereocenters. The van der Waals surface area contributed by atoms with Crippen LogP contribution in [-0.2, 0) is 0 Å². The van der Waals surface area contributed by atoms with Gasteiger partial charge in [-0.25, -0.2) is 0 Å². The van der Waals surface area contributed by atoms with E-state index >= 15 is 0 Å². The van der Waals surface area contributed by atoms with Gasteiger partial charge in [0, 0.05) is 22.5 Å². The van der Waals surface area contributed by atoms with Gasteiger partial charge in [0.25, 0.3) is 0 Å². The van der Waals surface area contributed by atoms with Gasteiger partial charge in [0.15, 0.2) is 0 Å². The van der Waals surface area contributed by atoms with Crippen molar-refractivity contribution in [1.29, 1.82) is 0 Å². The van der Waals surface area contributed by atoms with Gasteiger partial charge in [-0.3, -0.25) is 0 Å². The number of rotatable bonds is 6. The molecular weight excluding hydrogens is 273 g/mol. The number of nitrogens with zero attached hydrogens (tertiary/aromatic N) is 1. The summed E-state index contributed by atoms with van der Waals surface area (Å²) >= 11 is 12.0. The van der Waals surface area contributed by atoms with Gasteiger partial charge in [-0.1, -0.05) is 34.4 Å². The van der Waals surface area contributed by atoms with Crippen molar-refractivity contribution in [2.75, 3.05) is 6.54 Å². The molecule has 0 radical (unpaired) electrons. The average molecular weight is 290 g/mol. The van der Waals surface area contributed by atoms with Gasteiger partial charge in [-0.15, -0.1) is 0 Å². The standard InChI is InChI=1S/C12H17Cl2N3O/c1-8(16-6-2-3-12(15)17-18)10-5-4-9(13)7-11(10)14/h4-5,7-8,16,18H,2-3,6H2,1H3,(H2,15,17). The zero-order valence-corrected chi connectivity index (χ0v) is 11.7. The maximum absolute atomic E-state index is 8.40. The molecule has 0 saturated carbocycles. The molecule has 4 N–H and O–H groups in total. The van der Waals surface area contributed by atoms with E-state index in [4.69, 9.17) is 34.1 Å². The van der Waals surface area contributed by atoms with Gasteiger partial charge in [0.2, 0.25) is 0 Å². The molecule has 6 heteroatoms. The first-order valence-electron chi connectivity index (χ1n) is 5.69. The lowest BCUT2D eigenvalue weighted by Crippen LogP contribution is -2.22. The summed E-state index contributed by atoms with van der Waals surface area (Å²) in [5.74, 6) is 0.244. The Kier molecular flexibility index (Phi) is 6.25. The highest BCUT2D eigenvalue weighted by atomic mass is 35.5. The summed E-state index contributed by atoms with van der Waals surface area (Å²) in [6.07, 6.45) is 1.36. The molecule has 0 spiro atoms. The second kappa shape index (κ2) is 7.46. The predicted molar refractivity (Wildman–Crippen MR) is 75.5 cm³/mol. The van der Waals surface area contributed by atoms with Crippen LogP contribution in [0.4, 0.5) is 0 Å². The fraction of sp³-hybridized carbons (Fsp3) is 0.417. The van der Waals surface area contributed by atoms with Gasteiger partial charge in [-0.2, -0.15) is 0 Å². The predicted octanol–water partition coefficient (Wildman–Crippen LogP) is 3.17. The normalized spacial score (nSPS) is 13.6. The van der Waals surface area contributed by atoms with Crippen molar-refractivity contribution in [3.05, 3.63) is 33.8 Å². The molecule has 0 aliphatic heterocycles. The van der Waals surface area contributed by atoms with Crippen LogP contribution in [0.2, 0.25) is 10.0 Å². The summed E-state index contributed by atoms with van der Waals surface area (Å²) in [6.45, 7) is 2.79. The molecule has 0 aliphatic rings. The molecule has 1 unspecified atom stereocenters. The van der Waals surface area contributed by atoms with Gasteiger partial charge in [0.05, 0.1) is 0 Å². The van der Waals surface area contributed by atoms with Crippen LogP contribution in [0.15, 0.2) is 23.4 Å². The van der Waals surface area contributed by atoms with Crippen molar-refractivity contribution >= 4 is 29.0 Å². The molecule has 0 bridgehead atoms. The summed E-state index contributed by atoms with van der Waals surface area (Å²) in [5.41, 5.74) is 6.38. The highest BCUT2D eigenvalue weighted by Crippen LogP contribution is 2.25. The van der Waals surface area contributed by atoms with Crippen LogP contribution >= 0.6 is 23.2 Å². The molecule has 0 amide bonds. The van der Waals surface area contributed by atoms with Crippen molar-refractivity contribution in [3.63, 3.8) is 0 Å². The second-order valence-electron chi connectivity index (χ2n) is 4.04. The maximum Gasteiger partial charge on any atom is 0.139 e. The van der Waals surface area contributed by atoms with Crippen LogP contribution in [0, 0.1) is 0 Å². The van der Waals surface area contributed by atoms with Crippen LogP contribution < -0.4 is 11.1 Å². The first-order valence-corrected chi connectivity index (χ1v) is 6.45. The Labute approximate surface area is 117 Å². The highest BCUT2D eigenvalue weighted by molar-refractivity contribution is 6.35. The molecule has 0 aromatic heterocycles. The number of halogens is 2. The monoisotopic (exact) mass is 289 g/mol. The Morgan fingerprint density at radius 2 is 2.22 bits per heavy atom.